The van der Waals surface area contributed by atoms with E-state index in [9.17, 15) is 0 Å². The molecule has 0 bridgehead atoms. The van der Waals surface area contributed by atoms with E-state index in [-0.39, 0.29) is 6.85 Å². The van der Waals surface area contributed by atoms with Gasteiger partial charge in [-0.05, 0) is 113 Å². The van der Waals surface area contributed by atoms with Crippen LogP contribution in [0.5, 0.6) is 0 Å². The number of hydrogen-bond donors (Lipinski definition) is 0. The summed E-state index contributed by atoms with van der Waals surface area (Å²) in [5.74, 6) is 1.94. The van der Waals surface area contributed by atoms with Gasteiger partial charge >= 0.3 is 6.85 Å². The third kappa shape index (κ3) is 5.70. The van der Waals surface area contributed by atoms with Crippen LogP contribution in [0.1, 0.15) is 5.56 Å². The maximum atomic E-state index is 5.12. The number of fused-ring (bicyclic) bond motifs is 7. The first kappa shape index (κ1) is 36.9. The lowest BCUT2D eigenvalue weighted by atomic mass is 9.44. The van der Waals surface area contributed by atoms with E-state index >= 15 is 0 Å². The van der Waals surface area contributed by atoms with E-state index in [1.807, 2.05) is 48.2 Å². The molecule has 0 aliphatic carbocycles. The molecule has 0 fully saturated rings. The van der Waals surface area contributed by atoms with Crippen LogP contribution in [-0.4, -0.2) is 38.8 Å². The summed E-state index contributed by atoms with van der Waals surface area (Å²) in [4.78, 5) is 20.2. The first-order valence-corrected chi connectivity index (χ1v) is 23.3. The SMILES string of the molecule is CSc1ccc2c(c1)c1cc(SC)cc3c1n2B1c2ccccc2N(c2ccccc2)c2cc(-c4cccc(-c5nc(-c6ccccc6)nc(-c6ccccc6)n5)c4)c(C)c-3c21. The molecule has 12 rings (SSSR count). The van der Waals surface area contributed by atoms with Crippen molar-refractivity contribution in [2.24, 2.45) is 0 Å². The Morgan fingerprint density at radius 3 is 1.77 bits per heavy atom. The molecule has 0 unspecified atom stereocenters. The number of thioether (sulfide) groups is 2. The Kier molecular flexibility index (Phi) is 8.73. The summed E-state index contributed by atoms with van der Waals surface area (Å²) in [7, 11) is 0. The van der Waals surface area contributed by atoms with Gasteiger partial charge in [-0.25, -0.2) is 15.0 Å². The van der Waals surface area contributed by atoms with Crippen LogP contribution in [0.15, 0.2) is 186 Å². The number of para-hydroxylation sites is 2. The molecule has 4 heterocycles. The number of nitrogens with zero attached hydrogens (tertiary/aromatic N) is 5. The van der Waals surface area contributed by atoms with Crippen molar-refractivity contribution in [2.45, 2.75) is 16.7 Å². The van der Waals surface area contributed by atoms with Gasteiger partial charge in [0.1, 0.15) is 0 Å². The molecule has 2 aromatic heterocycles. The number of anilines is 3. The monoisotopic (exact) mass is 831 g/mol. The average Bonchev–Trinajstić information content (AvgIpc) is 3.67. The van der Waals surface area contributed by atoms with Crippen molar-refractivity contribution in [3.05, 3.63) is 181 Å². The highest BCUT2D eigenvalue weighted by Crippen LogP contribution is 2.49. The highest BCUT2D eigenvalue weighted by atomic mass is 32.2. The molecule has 62 heavy (non-hydrogen) atoms. The van der Waals surface area contributed by atoms with Gasteiger partial charge in [-0.1, -0.05) is 115 Å². The molecule has 8 heteroatoms. The Balaban J connectivity index is 1.15. The zero-order valence-corrected chi connectivity index (χ0v) is 36.0. The predicted molar refractivity (Wildman–Crippen MR) is 263 cm³/mol. The molecule has 8 aromatic carbocycles. The molecule has 294 valence electrons. The van der Waals surface area contributed by atoms with Gasteiger partial charge < -0.3 is 9.38 Å². The molecule has 0 atom stereocenters. The molecule has 2 aliphatic heterocycles. The van der Waals surface area contributed by atoms with Crippen molar-refractivity contribution in [1.82, 2.24) is 19.4 Å². The average molecular weight is 832 g/mol. The standard InChI is InChI=1S/C54H38BN5S2/c1-33-41(36-20-15-21-37(28-36)54-57-52(34-16-7-4-8-17-34)56-53(58-54)35-18-9-5-10-19-35)32-48-50-49(33)44-31-40(62-3)30-43-42-29-39(61-2)26-27-46(42)60(51(43)44)55(50)45-24-13-14-25-47(45)59(48)38-22-11-6-12-23-38/h4-32H,1-3H3. The summed E-state index contributed by atoms with van der Waals surface area (Å²) in [6.45, 7) is 2.30. The molecule has 10 aromatic rings. The minimum atomic E-state index is -0.0268. The fourth-order valence-electron chi connectivity index (χ4n) is 9.83. The fraction of sp³-hybridized carbons (Fsp3) is 0.0556. The van der Waals surface area contributed by atoms with Gasteiger partial charge in [0.05, 0.1) is 0 Å². The molecular formula is C54H38BN5S2. The Labute approximate surface area is 369 Å². The quantitative estimate of drug-likeness (QED) is 0.118. The van der Waals surface area contributed by atoms with Crippen molar-refractivity contribution >= 4 is 80.2 Å². The summed E-state index contributed by atoms with van der Waals surface area (Å²) in [6, 6.07) is 63.3. The highest BCUT2D eigenvalue weighted by molar-refractivity contribution is 7.98. The van der Waals surface area contributed by atoms with Crippen LogP contribution >= 0.6 is 23.5 Å². The van der Waals surface area contributed by atoms with Gasteiger partial charge in [0, 0.05) is 70.9 Å². The van der Waals surface area contributed by atoms with E-state index in [4.69, 9.17) is 15.0 Å². The highest BCUT2D eigenvalue weighted by Gasteiger charge is 2.44. The third-order valence-electron chi connectivity index (χ3n) is 12.6. The van der Waals surface area contributed by atoms with Gasteiger partial charge in [0.25, 0.3) is 0 Å². The molecule has 0 saturated heterocycles. The Morgan fingerprint density at radius 1 is 0.484 bits per heavy atom. The molecule has 0 spiro atoms. The molecule has 0 radical (unpaired) electrons. The Morgan fingerprint density at radius 2 is 1.08 bits per heavy atom. The zero-order valence-electron chi connectivity index (χ0n) is 34.4. The number of rotatable bonds is 7. The second-order valence-electron chi connectivity index (χ2n) is 15.9. The third-order valence-corrected chi connectivity index (χ3v) is 14.0. The Hall–Kier alpha value is -6.87. The summed E-state index contributed by atoms with van der Waals surface area (Å²) < 4.78 is 2.65. The number of aromatic nitrogens is 4. The first-order valence-electron chi connectivity index (χ1n) is 20.9. The smallest absolute Gasteiger partial charge is 0.333 e. The molecular weight excluding hydrogens is 794 g/mol. The van der Waals surface area contributed by atoms with Gasteiger partial charge in [0.2, 0.25) is 0 Å². The lowest BCUT2D eigenvalue weighted by molar-refractivity contribution is 1.07. The maximum Gasteiger partial charge on any atom is 0.333 e. The van der Waals surface area contributed by atoms with E-state index in [1.54, 1.807) is 11.8 Å². The summed E-state index contributed by atoms with van der Waals surface area (Å²) in [6.07, 6.45) is 4.36. The van der Waals surface area contributed by atoms with Crippen LogP contribution in [0.25, 0.3) is 78.2 Å². The van der Waals surface area contributed by atoms with Gasteiger partial charge in [-0.2, -0.15) is 0 Å². The lowest BCUT2D eigenvalue weighted by Gasteiger charge is -2.41. The van der Waals surface area contributed by atoms with E-state index in [0.717, 1.165) is 27.9 Å². The van der Waals surface area contributed by atoms with Gasteiger partial charge in [-0.15, -0.1) is 23.5 Å². The van der Waals surface area contributed by atoms with Crippen molar-refractivity contribution < 1.29 is 0 Å². The van der Waals surface area contributed by atoms with Crippen molar-refractivity contribution in [3.8, 4) is 56.4 Å². The van der Waals surface area contributed by atoms with Crippen molar-refractivity contribution in [1.29, 1.82) is 0 Å². The molecule has 2 aliphatic rings. The van der Waals surface area contributed by atoms with Crippen LogP contribution < -0.4 is 15.8 Å². The molecule has 0 N–H and O–H groups in total. The summed E-state index contributed by atoms with van der Waals surface area (Å²) in [5.41, 5.74) is 17.7. The lowest BCUT2D eigenvalue weighted by Crippen LogP contribution is -2.56. The summed E-state index contributed by atoms with van der Waals surface area (Å²) >= 11 is 3.61. The minimum absolute atomic E-state index is 0.0268. The van der Waals surface area contributed by atoms with Crippen LogP contribution in [0.4, 0.5) is 17.1 Å². The zero-order chi connectivity index (χ0) is 41.5. The minimum Gasteiger partial charge on any atom is -0.375 e. The van der Waals surface area contributed by atoms with E-state index < -0.39 is 0 Å². The number of benzene rings is 8. The second kappa shape index (κ2) is 14.7. The predicted octanol–water partition coefficient (Wildman–Crippen LogP) is 12.8. The van der Waals surface area contributed by atoms with E-state index in [0.29, 0.717) is 17.5 Å². The van der Waals surface area contributed by atoms with Crippen molar-refractivity contribution in [2.75, 3.05) is 17.4 Å². The Bertz CT molecular complexity index is 3350. The van der Waals surface area contributed by atoms with Crippen LogP contribution in [0.2, 0.25) is 0 Å². The van der Waals surface area contributed by atoms with E-state index in [2.05, 4.69) is 168 Å². The normalized spacial score (nSPS) is 12.5. The number of hydrogen-bond acceptors (Lipinski definition) is 6. The largest absolute Gasteiger partial charge is 0.375 e. The molecule has 0 saturated carbocycles. The summed E-state index contributed by atoms with van der Waals surface area (Å²) in [5, 5.41) is 2.60. The topological polar surface area (TPSA) is 46.8 Å². The molecule has 5 nitrogen and oxygen atoms in total. The second-order valence-corrected chi connectivity index (χ2v) is 17.7. The van der Waals surface area contributed by atoms with E-state index in [1.165, 1.54) is 76.2 Å². The first-order chi connectivity index (χ1) is 30.6. The van der Waals surface area contributed by atoms with Gasteiger partial charge in [0.15, 0.2) is 17.5 Å². The van der Waals surface area contributed by atoms with Crippen LogP contribution in [-0.2, 0) is 0 Å². The maximum absolute atomic E-state index is 5.12. The van der Waals surface area contributed by atoms with Crippen molar-refractivity contribution in [3.63, 3.8) is 0 Å². The molecule has 0 amide bonds. The van der Waals surface area contributed by atoms with Crippen LogP contribution in [0, 0.1) is 6.92 Å². The van der Waals surface area contributed by atoms with Gasteiger partial charge in [-0.3, -0.25) is 0 Å². The van der Waals surface area contributed by atoms with Crippen LogP contribution in [0.3, 0.4) is 0 Å². The fourth-order valence-corrected chi connectivity index (χ4v) is 10.7.